The van der Waals surface area contributed by atoms with Crippen LogP contribution in [-0.4, -0.2) is 11.6 Å². The van der Waals surface area contributed by atoms with Crippen LogP contribution in [0.4, 0.5) is 17.1 Å². The van der Waals surface area contributed by atoms with Crippen LogP contribution in [0.3, 0.4) is 0 Å². The van der Waals surface area contributed by atoms with E-state index < -0.39 is 0 Å². The van der Waals surface area contributed by atoms with Crippen LogP contribution in [0.15, 0.2) is 41.9 Å². The fourth-order valence-electron chi connectivity index (χ4n) is 2.07. The number of nitrogens with two attached hydrogens (primary N) is 1. The van der Waals surface area contributed by atoms with Crippen LogP contribution in [0.1, 0.15) is 13.3 Å². The molecule has 5 heteroatoms. The van der Waals surface area contributed by atoms with Crippen LogP contribution in [0, 0.1) is 0 Å². The number of hydrogen-bond acceptors (Lipinski definition) is 5. The first kappa shape index (κ1) is 13.7. The second-order valence-corrected chi connectivity index (χ2v) is 5.61. The molecule has 0 radical (unpaired) electrons. The minimum atomic E-state index is 0.681. The molecule has 0 aliphatic rings. The summed E-state index contributed by atoms with van der Waals surface area (Å²) in [7, 11) is 0. The van der Waals surface area contributed by atoms with Crippen LogP contribution >= 0.6 is 11.3 Å². The van der Waals surface area contributed by atoms with Crippen molar-refractivity contribution < 1.29 is 4.74 Å². The average Bonchev–Trinajstić information content (AvgIpc) is 2.99. The lowest BCUT2D eigenvalue weighted by molar-refractivity contribution is 0.317. The van der Waals surface area contributed by atoms with Crippen molar-refractivity contribution in [3.8, 4) is 5.75 Å². The number of nitrogen functional groups attached to an aromatic ring is 1. The molecule has 0 spiro atoms. The lowest BCUT2D eigenvalue weighted by Crippen LogP contribution is -1.98. The number of fused-ring (bicyclic) bond motifs is 1. The van der Waals surface area contributed by atoms with Crippen LogP contribution in [0.2, 0.25) is 0 Å². The molecule has 3 aromatic rings. The highest BCUT2D eigenvalue weighted by molar-refractivity contribution is 7.16. The third-order valence-corrected chi connectivity index (χ3v) is 3.94. The van der Waals surface area contributed by atoms with E-state index in [4.69, 9.17) is 10.5 Å². The molecular formula is C16H17N3OS. The Morgan fingerprint density at radius 1 is 1.19 bits per heavy atom. The van der Waals surface area contributed by atoms with E-state index in [9.17, 15) is 0 Å². The van der Waals surface area contributed by atoms with Gasteiger partial charge in [0.25, 0.3) is 0 Å². The standard InChI is InChI=1S/C16H17N3OS/c1-2-9-20-12-5-3-11(4-6-12)19-13-7-8-14-16(15(13)17)18-10-21-14/h3-8,10,19H,2,9,17H2,1H3. The first-order valence-electron chi connectivity index (χ1n) is 6.89. The van der Waals surface area contributed by atoms with Crippen LogP contribution < -0.4 is 15.8 Å². The first-order valence-corrected chi connectivity index (χ1v) is 7.77. The Hall–Kier alpha value is -2.27. The minimum Gasteiger partial charge on any atom is -0.494 e. The van der Waals surface area contributed by atoms with E-state index in [1.54, 1.807) is 11.3 Å². The molecule has 0 bridgehead atoms. The van der Waals surface area contributed by atoms with Gasteiger partial charge in [-0.05, 0) is 42.8 Å². The number of aromatic nitrogens is 1. The number of anilines is 3. The molecule has 0 saturated carbocycles. The van der Waals surface area contributed by atoms with Crippen LogP contribution in [0.25, 0.3) is 10.2 Å². The summed E-state index contributed by atoms with van der Waals surface area (Å²) in [5.41, 5.74) is 11.4. The summed E-state index contributed by atoms with van der Waals surface area (Å²) in [4.78, 5) is 4.30. The lowest BCUT2D eigenvalue weighted by atomic mass is 10.2. The monoisotopic (exact) mass is 299 g/mol. The number of ether oxygens (including phenoxy) is 1. The van der Waals surface area contributed by atoms with Gasteiger partial charge in [0.2, 0.25) is 0 Å². The maximum atomic E-state index is 6.16. The molecular weight excluding hydrogens is 282 g/mol. The Labute approximate surface area is 127 Å². The zero-order chi connectivity index (χ0) is 14.7. The molecule has 1 heterocycles. The van der Waals surface area contributed by atoms with E-state index in [0.717, 1.165) is 40.4 Å². The maximum Gasteiger partial charge on any atom is 0.119 e. The Balaban J connectivity index is 1.79. The molecule has 0 saturated heterocycles. The average molecular weight is 299 g/mol. The molecule has 21 heavy (non-hydrogen) atoms. The zero-order valence-corrected chi connectivity index (χ0v) is 12.6. The van der Waals surface area contributed by atoms with Crippen molar-refractivity contribution in [3.05, 3.63) is 41.9 Å². The van der Waals surface area contributed by atoms with Crippen molar-refractivity contribution >= 4 is 38.6 Å². The molecule has 0 aliphatic heterocycles. The minimum absolute atomic E-state index is 0.681. The number of nitrogens with one attached hydrogen (secondary N) is 1. The molecule has 0 unspecified atom stereocenters. The normalized spacial score (nSPS) is 10.7. The van der Waals surface area contributed by atoms with Gasteiger partial charge < -0.3 is 15.8 Å². The second-order valence-electron chi connectivity index (χ2n) is 4.72. The van der Waals surface area contributed by atoms with E-state index >= 15 is 0 Å². The highest BCUT2D eigenvalue weighted by atomic mass is 32.1. The van der Waals surface area contributed by atoms with E-state index in [2.05, 4.69) is 17.2 Å². The van der Waals surface area contributed by atoms with Crippen molar-refractivity contribution in [1.82, 2.24) is 4.98 Å². The SMILES string of the molecule is CCCOc1ccc(Nc2ccc3scnc3c2N)cc1. The molecule has 0 atom stereocenters. The number of rotatable bonds is 5. The summed E-state index contributed by atoms with van der Waals surface area (Å²) in [6, 6.07) is 11.9. The summed E-state index contributed by atoms with van der Waals surface area (Å²) in [6.07, 6.45) is 1.00. The largest absolute Gasteiger partial charge is 0.494 e. The van der Waals surface area contributed by atoms with Gasteiger partial charge in [-0.1, -0.05) is 6.92 Å². The molecule has 0 aliphatic carbocycles. The van der Waals surface area contributed by atoms with Gasteiger partial charge in [0.15, 0.2) is 0 Å². The zero-order valence-electron chi connectivity index (χ0n) is 11.8. The summed E-state index contributed by atoms with van der Waals surface area (Å²) in [5, 5.41) is 3.32. The topological polar surface area (TPSA) is 60.2 Å². The molecule has 2 aromatic carbocycles. The lowest BCUT2D eigenvalue weighted by Gasteiger charge is -2.11. The Morgan fingerprint density at radius 3 is 2.76 bits per heavy atom. The van der Waals surface area contributed by atoms with Gasteiger partial charge in [-0.25, -0.2) is 4.98 Å². The van der Waals surface area contributed by atoms with E-state index in [1.165, 1.54) is 0 Å². The summed E-state index contributed by atoms with van der Waals surface area (Å²) < 4.78 is 6.67. The fraction of sp³-hybridized carbons (Fsp3) is 0.188. The fourth-order valence-corrected chi connectivity index (χ4v) is 2.76. The maximum absolute atomic E-state index is 6.16. The number of thiazole rings is 1. The molecule has 108 valence electrons. The first-order chi connectivity index (χ1) is 10.3. The van der Waals surface area contributed by atoms with Gasteiger partial charge in [0, 0.05) is 5.69 Å². The molecule has 3 N–H and O–H groups in total. The van der Waals surface area contributed by atoms with Gasteiger partial charge in [-0.2, -0.15) is 0 Å². The van der Waals surface area contributed by atoms with Crippen molar-refractivity contribution in [1.29, 1.82) is 0 Å². The summed E-state index contributed by atoms with van der Waals surface area (Å²) in [6.45, 7) is 2.83. The molecule has 3 rings (SSSR count). The second kappa shape index (κ2) is 6.01. The van der Waals surface area contributed by atoms with Crippen molar-refractivity contribution in [2.45, 2.75) is 13.3 Å². The molecule has 0 fully saturated rings. The van der Waals surface area contributed by atoms with E-state index in [0.29, 0.717) is 5.69 Å². The third kappa shape index (κ3) is 2.92. The molecule has 4 nitrogen and oxygen atoms in total. The van der Waals surface area contributed by atoms with E-state index in [-0.39, 0.29) is 0 Å². The van der Waals surface area contributed by atoms with Crippen LogP contribution in [0.5, 0.6) is 5.75 Å². The van der Waals surface area contributed by atoms with Gasteiger partial charge in [0.05, 0.1) is 28.2 Å². The Bertz CT molecular complexity index is 737. The smallest absolute Gasteiger partial charge is 0.119 e. The van der Waals surface area contributed by atoms with Crippen LogP contribution in [-0.2, 0) is 0 Å². The third-order valence-electron chi connectivity index (χ3n) is 3.15. The predicted octanol–water partition coefficient (Wildman–Crippen LogP) is 4.41. The number of nitrogens with zero attached hydrogens (tertiary/aromatic N) is 1. The number of benzene rings is 2. The predicted molar refractivity (Wildman–Crippen MR) is 89.5 cm³/mol. The highest BCUT2D eigenvalue weighted by Gasteiger charge is 2.07. The molecule has 1 aromatic heterocycles. The Morgan fingerprint density at radius 2 is 2.00 bits per heavy atom. The Kier molecular flexibility index (Phi) is 3.92. The van der Waals surface area contributed by atoms with Gasteiger partial charge in [0.1, 0.15) is 11.3 Å². The van der Waals surface area contributed by atoms with Gasteiger partial charge in [-0.15, -0.1) is 11.3 Å². The van der Waals surface area contributed by atoms with E-state index in [1.807, 2.05) is 41.9 Å². The quantitative estimate of drug-likeness (QED) is 0.685. The van der Waals surface area contributed by atoms with Crippen molar-refractivity contribution in [2.75, 3.05) is 17.7 Å². The van der Waals surface area contributed by atoms with Crippen molar-refractivity contribution in [3.63, 3.8) is 0 Å². The van der Waals surface area contributed by atoms with Gasteiger partial charge in [-0.3, -0.25) is 0 Å². The van der Waals surface area contributed by atoms with Gasteiger partial charge >= 0.3 is 0 Å². The number of hydrogen-bond donors (Lipinski definition) is 2. The highest BCUT2D eigenvalue weighted by Crippen LogP contribution is 2.32. The summed E-state index contributed by atoms with van der Waals surface area (Å²) >= 11 is 1.59. The molecule has 0 amide bonds. The van der Waals surface area contributed by atoms with Crippen molar-refractivity contribution in [2.24, 2.45) is 0 Å². The summed E-state index contributed by atoms with van der Waals surface area (Å²) in [5.74, 6) is 0.880.